The van der Waals surface area contributed by atoms with Crippen molar-refractivity contribution < 1.29 is 42.9 Å². The van der Waals surface area contributed by atoms with Crippen molar-refractivity contribution in [2.45, 2.75) is 270 Å². The average molecular weight is 1180 g/mol. The second kappa shape index (κ2) is 65.2. The zero-order valence-corrected chi connectivity index (χ0v) is 54.9. The van der Waals surface area contributed by atoms with Crippen molar-refractivity contribution in [2.24, 2.45) is 0 Å². The van der Waals surface area contributed by atoms with Crippen molar-refractivity contribution in [3.8, 4) is 0 Å². The van der Waals surface area contributed by atoms with Crippen molar-refractivity contribution in [2.75, 3.05) is 47.5 Å². The van der Waals surface area contributed by atoms with E-state index >= 15 is 0 Å². The molecular weight excluding hydrogens is 1050 g/mol. The summed E-state index contributed by atoms with van der Waals surface area (Å²) in [5.41, 5.74) is 0. The zero-order chi connectivity index (χ0) is 61.9. The number of hydrogen-bond donors (Lipinski definition) is 0. The molecule has 482 valence electrons. The van der Waals surface area contributed by atoms with Crippen LogP contribution in [0.25, 0.3) is 0 Å². The van der Waals surface area contributed by atoms with E-state index < -0.39 is 24.3 Å². The highest BCUT2D eigenvalue weighted by atomic mass is 16.7. The molecule has 0 bridgehead atoms. The fourth-order valence-electron chi connectivity index (χ4n) is 8.96. The van der Waals surface area contributed by atoms with Crippen LogP contribution in [-0.2, 0) is 33.3 Å². The quantitative estimate of drug-likeness (QED) is 0.0195. The molecule has 9 nitrogen and oxygen atoms in total. The van der Waals surface area contributed by atoms with Crippen LogP contribution in [-0.4, -0.2) is 82.3 Å². The Hall–Kier alpha value is -4.83. The number of ether oxygens (including phenoxy) is 4. The van der Waals surface area contributed by atoms with E-state index in [1.807, 2.05) is 21.1 Å². The summed E-state index contributed by atoms with van der Waals surface area (Å²) in [6.07, 6.45) is 92.0. The van der Waals surface area contributed by atoms with Gasteiger partial charge < -0.3 is 33.3 Å². The van der Waals surface area contributed by atoms with E-state index in [1.165, 1.54) is 83.5 Å². The third kappa shape index (κ3) is 66.5. The summed E-state index contributed by atoms with van der Waals surface area (Å²) in [6.45, 7) is 4.50. The van der Waals surface area contributed by atoms with E-state index in [9.17, 15) is 19.5 Å². The molecule has 0 aromatic rings. The predicted molar refractivity (Wildman–Crippen MR) is 361 cm³/mol. The molecule has 0 radical (unpaired) electrons. The normalized spacial score (nSPS) is 13.7. The summed E-state index contributed by atoms with van der Waals surface area (Å²) >= 11 is 0. The number of carbonyl (C=O) groups is 3. The largest absolute Gasteiger partial charge is 0.545 e. The molecule has 0 aliphatic heterocycles. The minimum atomic E-state index is -1.63. The Morgan fingerprint density at radius 2 is 0.635 bits per heavy atom. The lowest BCUT2D eigenvalue weighted by Gasteiger charge is -2.26. The van der Waals surface area contributed by atoms with Gasteiger partial charge in [-0.2, -0.15) is 0 Å². The van der Waals surface area contributed by atoms with Crippen LogP contribution in [0.3, 0.4) is 0 Å². The molecule has 0 fully saturated rings. The first-order valence-corrected chi connectivity index (χ1v) is 34.0. The van der Waals surface area contributed by atoms with Crippen LogP contribution >= 0.6 is 0 Å². The summed E-state index contributed by atoms with van der Waals surface area (Å²) in [5.74, 6) is -2.31. The van der Waals surface area contributed by atoms with Crippen LogP contribution in [0.1, 0.15) is 258 Å². The van der Waals surface area contributed by atoms with E-state index in [-0.39, 0.29) is 38.6 Å². The molecule has 0 aliphatic carbocycles. The van der Waals surface area contributed by atoms with Crippen molar-refractivity contribution in [3.05, 3.63) is 146 Å². The van der Waals surface area contributed by atoms with Crippen LogP contribution in [0.5, 0.6) is 0 Å². The number of allylic oxidation sites excluding steroid dienone is 24. The van der Waals surface area contributed by atoms with E-state index in [0.29, 0.717) is 23.9 Å². The second-order valence-electron chi connectivity index (χ2n) is 23.3. The zero-order valence-electron chi connectivity index (χ0n) is 54.9. The molecule has 85 heavy (non-hydrogen) atoms. The number of carboxylic acid groups (broad SMARTS) is 1. The SMILES string of the molecule is CC/C=C\C/C=C\C/C=C\C/C=C\C/C=C\C/C=C\CCCCCCCCCCCCCCCCCCC(=O)OC(COC(=O)CCCCCCCC/C=C\C/C=C\C/C=C\C/C=C\C/C=C\C/C=C\CC)COC(OCC[N+](C)(C)C)C(=O)[O-]. The van der Waals surface area contributed by atoms with Gasteiger partial charge in [-0.15, -0.1) is 0 Å². The second-order valence-corrected chi connectivity index (χ2v) is 23.3. The molecule has 0 amide bonds. The Balaban J connectivity index is 4.17. The monoisotopic (exact) mass is 1180 g/mol. The molecule has 0 saturated heterocycles. The van der Waals surface area contributed by atoms with Crippen molar-refractivity contribution in [1.29, 1.82) is 0 Å². The predicted octanol–water partition coefficient (Wildman–Crippen LogP) is 19.8. The summed E-state index contributed by atoms with van der Waals surface area (Å²) in [6, 6.07) is 0. The van der Waals surface area contributed by atoms with Crippen molar-refractivity contribution >= 4 is 17.9 Å². The van der Waals surface area contributed by atoms with Gasteiger partial charge in [0.1, 0.15) is 13.2 Å². The molecule has 0 aliphatic rings. The van der Waals surface area contributed by atoms with Crippen molar-refractivity contribution in [3.63, 3.8) is 0 Å². The molecule has 0 heterocycles. The number of quaternary nitrogens is 1. The van der Waals surface area contributed by atoms with Crippen molar-refractivity contribution in [1.82, 2.24) is 0 Å². The highest BCUT2D eigenvalue weighted by molar-refractivity contribution is 5.70. The molecule has 9 heteroatoms. The van der Waals surface area contributed by atoms with Gasteiger partial charge in [-0.3, -0.25) is 9.59 Å². The molecular formula is C76H125NO8. The fraction of sp³-hybridized carbons (Fsp3) is 0.645. The number of esters is 2. The minimum Gasteiger partial charge on any atom is -0.545 e. The Bertz CT molecular complexity index is 1900. The van der Waals surface area contributed by atoms with E-state index in [0.717, 1.165) is 135 Å². The summed E-state index contributed by atoms with van der Waals surface area (Å²) in [5, 5.41) is 11.8. The number of carboxylic acids is 1. The maximum Gasteiger partial charge on any atom is 0.306 e. The Kier molecular flexibility index (Phi) is 61.4. The molecule has 0 aromatic carbocycles. The smallest absolute Gasteiger partial charge is 0.306 e. The Morgan fingerprint density at radius 3 is 0.941 bits per heavy atom. The van der Waals surface area contributed by atoms with E-state index in [1.54, 1.807) is 0 Å². The molecule has 0 spiro atoms. The van der Waals surface area contributed by atoms with Crippen LogP contribution in [0, 0.1) is 0 Å². The third-order valence-corrected chi connectivity index (χ3v) is 14.1. The third-order valence-electron chi connectivity index (χ3n) is 14.1. The van der Waals surface area contributed by atoms with Gasteiger partial charge in [0.25, 0.3) is 0 Å². The molecule has 0 aromatic heterocycles. The van der Waals surface area contributed by atoms with Crippen LogP contribution in [0.15, 0.2) is 146 Å². The first-order valence-electron chi connectivity index (χ1n) is 34.0. The van der Waals surface area contributed by atoms with Gasteiger partial charge in [0, 0.05) is 12.8 Å². The number of likely N-dealkylation sites (N-methyl/N-ethyl adjacent to an activating group) is 1. The maximum absolute atomic E-state index is 12.9. The van der Waals surface area contributed by atoms with Gasteiger partial charge in [-0.1, -0.05) is 275 Å². The number of aliphatic carboxylic acids is 1. The van der Waals surface area contributed by atoms with Gasteiger partial charge in [-0.25, -0.2) is 0 Å². The lowest BCUT2D eigenvalue weighted by atomic mass is 10.0. The Morgan fingerprint density at radius 1 is 0.353 bits per heavy atom. The number of hydrogen-bond acceptors (Lipinski definition) is 8. The van der Waals surface area contributed by atoms with Gasteiger partial charge >= 0.3 is 11.9 Å². The summed E-state index contributed by atoms with van der Waals surface area (Å²) in [7, 11) is 5.92. The summed E-state index contributed by atoms with van der Waals surface area (Å²) < 4.78 is 22.8. The number of unbranched alkanes of at least 4 members (excludes halogenated alkanes) is 22. The van der Waals surface area contributed by atoms with Crippen LogP contribution < -0.4 is 5.11 Å². The lowest BCUT2D eigenvalue weighted by Crippen LogP contribution is -2.44. The van der Waals surface area contributed by atoms with Crippen LogP contribution in [0.4, 0.5) is 0 Å². The van der Waals surface area contributed by atoms with Gasteiger partial charge in [0.15, 0.2) is 12.4 Å². The highest BCUT2D eigenvalue weighted by Gasteiger charge is 2.22. The molecule has 0 rings (SSSR count). The van der Waals surface area contributed by atoms with E-state index in [4.69, 9.17) is 18.9 Å². The van der Waals surface area contributed by atoms with Gasteiger partial charge in [0.05, 0.1) is 40.3 Å². The number of nitrogens with zero attached hydrogens (tertiary/aromatic N) is 1. The highest BCUT2D eigenvalue weighted by Crippen LogP contribution is 2.16. The average Bonchev–Trinajstić information content (AvgIpc) is 3.48. The maximum atomic E-state index is 12.9. The van der Waals surface area contributed by atoms with E-state index in [2.05, 4.69) is 160 Å². The standard InChI is InChI=1S/C76H125NO8/c1-6-8-10-12-14-16-18-20-22-24-26-28-30-32-33-34-35-36-37-38-39-40-41-43-45-47-49-51-53-55-57-59-61-63-65-67-74(79)85-72(71-84-76(75(80)81)82-69-68-77(3,4)5)70-83-73(78)66-64-62-60-58-56-54-52-50-48-46-44-42-31-29-27-25-23-21-19-17-15-13-11-9-7-2/h8-11,14-17,20-23,26-29,32-33,35-36,42,44,48,50,72,76H,6-7,12-13,18-19,24-25,30-31,34,37-41,43,45-47,49,51-71H2,1-5H3/b10-8-,11-9-,16-14-,17-15-,22-20-,23-21-,28-26-,29-27-,33-32-,36-35-,44-42-,50-48-. The topological polar surface area (TPSA) is 111 Å². The molecule has 2 unspecified atom stereocenters. The van der Waals surface area contributed by atoms with Gasteiger partial charge in [0.2, 0.25) is 0 Å². The first-order chi connectivity index (χ1) is 41.6. The molecule has 0 N–H and O–H groups in total. The van der Waals surface area contributed by atoms with Crippen LogP contribution in [0.2, 0.25) is 0 Å². The number of rotatable bonds is 61. The lowest BCUT2D eigenvalue weighted by molar-refractivity contribution is -0.870. The Labute approximate surface area is 522 Å². The molecule has 0 saturated carbocycles. The first kappa shape index (κ1) is 80.2. The number of carbonyl (C=O) groups excluding carboxylic acids is 3. The van der Waals surface area contributed by atoms with Gasteiger partial charge in [-0.05, 0) is 116 Å². The minimum absolute atomic E-state index is 0.138. The fourth-order valence-corrected chi connectivity index (χ4v) is 8.96. The summed E-state index contributed by atoms with van der Waals surface area (Å²) in [4.78, 5) is 37.5. The molecule has 2 atom stereocenters.